The van der Waals surface area contributed by atoms with Crippen LogP contribution in [0.3, 0.4) is 0 Å². The van der Waals surface area contributed by atoms with Crippen molar-refractivity contribution in [1.82, 2.24) is 25.1 Å². The van der Waals surface area contributed by atoms with Gasteiger partial charge in [-0.25, -0.2) is 4.39 Å². The summed E-state index contributed by atoms with van der Waals surface area (Å²) in [7, 11) is 1.86. The third kappa shape index (κ3) is 4.75. The second-order valence-corrected chi connectivity index (χ2v) is 7.68. The number of amides is 1. The summed E-state index contributed by atoms with van der Waals surface area (Å²) in [6.07, 6.45) is 3.42. The summed E-state index contributed by atoms with van der Waals surface area (Å²) in [5.41, 5.74) is 1.75. The van der Waals surface area contributed by atoms with Gasteiger partial charge in [-0.15, -0.1) is 10.2 Å². The number of aromatic nitrogens is 4. The predicted molar refractivity (Wildman–Crippen MR) is 107 cm³/mol. The Bertz CT molecular complexity index is 928. The lowest BCUT2D eigenvalue weighted by atomic mass is 9.96. The summed E-state index contributed by atoms with van der Waals surface area (Å²) in [5.74, 6) is 0.677. The summed E-state index contributed by atoms with van der Waals surface area (Å²) in [5, 5.41) is 12.0. The minimum Gasteiger partial charge on any atom is -0.348 e. The van der Waals surface area contributed by atoms with E-state index in [0.717, 1.165) is 11.1 Å². The molecule has 0 aliphatic carbocycles. The van der Waals surface area contributed by atoms with Crippen molar-refractivity contribution in [2.75, 3.05) is 5.75 Å². The average Bonchev–Trinajstić information content (AvgIpc) is 3.06. The molecule has 0 fully saturated rings. The Morgan fingerprint density at radius 1 is 1.21 bits per heavy atom. The molecule has 1 unspecified atom stereocenters. The zero-order valence-corrected chi connectivity index (χ0v) is 16.8. The number of rotatable bonds is 7. The number of nitrogens with one attached hydrogen (secondary N) is 1. The first-order valence-electron chi connectivity index (χ1n) is 8.93. The van der Waals surface area contributed by atoms with Crippen molar-refractivity contribution in [3.05, 3.63) is 60.2 Å². The average molecular weight is 399 g/mol. The van der Waals surface area contributed by atoms with E-state index in [9.17, 15) is 9.18 Å². The number of hydrogen-bond donors (Lipinski definition) is 1. The maximum Gasteiger partial charge on any atom is 0.230 e. The van der Waals surface area contributed by atoms with E-state index in [0.29, 0.717) is 11.0 Å². The molecule has 1 N–H and O–H groups in total. The van der Waals surface area contributed by atoms with Crippen molar-refractivity contribution < 1.29 is 9.18 Å². The van der Waals surface area contributed by atoms with Gasteiger partial charge in [-0.3, -0.25) is 9.78 Å². The molecule has 146 valence electrons. The first kappa shape index (κ1) is 20.0. The van der Waals surface area contributed by atoms with E-state index in [4.69, 9.17) is 0 Å². The fourth-order valence-electron chi connectivity index (χ4n) is 2.84. The minimum absolute atomic E-state index is 0.112. The van der Waals surface area contributed by atoms with Crippen LogP contribution in [0, 0.1) is 11.7 Å². The van der Waals surface area contributed by atoms with Gasteiger partial charge in [0, 0.05) is 25.0 Å². The lowest BCUT2D eigenvalue weighted by molar-refractivity contribution is -0.119. The van der Waals surface area contributed by atoms with Crippen LogP contribution in [0.2, 0.25) is 0 Å². The Balaban J connectivity index is 1.64. The van der Waals surface area contributed by atoms with Crippen LogP contribution in [-0.4, -0.2) is 31.4 Å². The summed E-state index contributed by atoms with van der Waals surface area (Å²) >= 11 is 1.32. The van der Waals surface area contributed by atoms with Crippen molar-refractivity contribution >= 4 is 17.7 Å². The molecule has 0 spiro atoms. The summed E-state index contributed by atoms with van der Waals surface area (Å²) < 4.78 is 15.0. The zero-order chi connectivity index (χ0) is 20.1. The molecular formula is C20H22FN5OS. The molecule has 3 aromatic rings. The predicted octanol–water partition coefficient (Wildman–Crippen LogP) is 3.62. The lowest BCUT2D eigenvalue weighted by Gasteiger charge is -2.23. The van der Waals surface area contributed by atoms with Gasteiger partial charge in [-0.2, -0.15) is 0 Å². The fraction of sp³-hybridized carbons (Fsp3) is 0.300. The highest BCUT2D eigenvalue weighted by molar-refractivity contribution is 7.99. The molecule has 28 heavy (non-hydrogen) atoms. The van der Waals surface area contributed by atoms with Crippen LogP contribution in [-0.2, 0) is 11.8 Å². The van der Waals surface area contributed by atoms with Gasteiger partial charge in [0.05, 0.1) is 11.8 Å². The first-order valence-corrected chi connectivity index (χ1v) is 9.91. The van der Waals surface area contributed by atoms with Crippen molar-refractivity contribution in [3.8, 4) is 11.4 Å². The smallest absolute Gasteiger partial charge is 0.230 e. The quantitative estimate of drug-likeness (QED) is 0.615. The SMILES string of the molecule is CC(C)C(NC(=O)CSc1nnc(-c2cccnc2)n1C)c1ccc(F)cc1. The van der Waals surface area contributed by atoms with Gasteiger partial charge in [0.15, 0.2) is 11.0 Å². The number of carbonyl (C=O) groups excluding carboxylic acids is 1. The summed E-state index contributed by atoms with van der Waals surface area (Å²) in [4.78, 5) is 16.6. The van der Waals surface area contributed by atoms with Crippen LogP contribution in [0.5, 0.6) is 0 Å². The second-order valence-electron chi connectivity index (χ2n) is 6.74. The maximum atomic E-state index is 13.2. The van der Waals surface area contributed by atoms with Gasteiger partial charge in [-0.05, 0) is 35.7 Å². The van der Waals surface area contributed by atoms with Gasteiger partial charge in [0.25, 0.3) is 0 Å². The van der Waals surface area contributed by atoms with Gasteiger partial charge < -0.3 is 9.88 Å². The van der Waals surface area contributed by atoms with Crippen LogP contribution in [0.25, 0.3) is 11.4 Å². The van der Waals surface area contributed by atoms with Crippen LogP contribution in [0.15, 0.2) is 53.9 Å². The topological polar surface area (TPSA) is 72.7 Å². The third-order valence-corrected chi connectivity index (χ3v) is 5.32. The molecule has 1 aromatic carbocycles. The Morgan fingerprint density at radius 3 is 2.61 bits per heavy atom. The van der Waals surface area contributed by atoms with Crippen molar-refractivity contribution in [2.45, 2.75) is 25.0 Å². The Kier molecular flexibility index (Phi) is 6.41. The number of carbonyl (C=O) groups is 1. The molecule has 2 aromatic heterocycles. The molecule has 0 bridgehead atoms. The van der Waals surface area contributed by atoms with Crippen molar-refractivity contribution in [1.29, 1.82) is 0 Å². The Labute approximate surface area is 167 Å². The van der Waals surface area contributed by atoms with Crippen LogP contribution in [0.4, 0.5) is 4.39 Å². The van der Waals surface area contributed by atoms with E-state index in [-0.39, 0.29) is 29.4 Å². The standard InChI is InChI=1S/C20H22FN5OS/c1-13(2)18(14-6-8-16(21)9-7-14)23-17(27)12-28-20-25-24-19(26(20)3)15-5-4-10-22-11-15/h4-11,13,18H,12H2,1-3H3,(H,23,27). The lowest BCUT2D eigenvalue weighted by Crippen LogP contribution is -2.33. The second kappa shape index (κ2) is 8.97. The number of hydrogen-bond acceptors (Lipinski definition) is 5. The molecule has 1 atom stereocenters. The molecule has 6 nitrogen and oxygen atoms in total. The highest BCUT2D eigenvalue weighted by atomic mass is 32.2. The largest absolute Gasteiger partial charge is 0.348 e. The van der Waals surface area contributed by atoms with E-state index in [1.54, 1.807) is 24.5 Å². The molecule has 1 amide bonds. The van der Waals surface area contributed by atoms with E-state index >= 15 is 0 Å². The van der Waals surface area contributed by atoms with Gasteiger partial charge in [0.2, 0.25) is 5.91 Å². The normalized spacial score (nSPS) is 12.2. The van der Waals surface area contributed by atoms with Crippen molar-refractivity contribution in [2.24, 2.45) is 13.0 Å². The number of pyridine rings is 1. The Morgan fingerprint density at radius 2 is 1.96 bits per heavy atom. The van der Waals surface area contributed by atoms with Gasteiger partial charge in [0.1, 0.15) is 5.82 Å². The highest BCUT2D eigenvalue weighted by Crippen LogP contribution is 2.24. The number of benzene rings is 1. The number of thioether (sulfide) groups is 1. The molecular weight excluding hydrogens is 377 g/mol. The molecule has 0 aliphatic rings. The van der Waals surface area contributed by atoms with Crippen LogP contribution in [0.1, 0.15) is 25.5 Å². The number of nitrogens with zero attached hydrogens (tertiary/aromatic N) is 4. The first-order chi connectivity index (χ1) is 13.5. The molecule has 0 saturated heterocycles. The summed E-state index contributed by atoms with van der Waals surface area (Å²) in [6, 6.07) is 9.79. The molecule has 8 heteroatoms. The highest BCUT2D eigenvalue weighted by Gasteiger charge is 2.19. The Hall–Kier alpha value is -2.74. The van der Waals surface area contributed by atoms with E-state index in [1.807, 2.05) is 37.6 Å². The van der Waals surface area contributed by atoms with E-state index < -0.39 is 0 Å². The zero-order valence-electron chi connectivity index (χ0n) is 16.0. The monoisotopic (exact) mass is 399 g/mol. The van der Waals surface area contributed by atoms with Crippen LogP contribution >= 0.6 is 11.8 Å². The third-order valence-electron chi connectivity index (χ3n) is 4.30. The van der Waals surface area contributed by atoms with Crippen molar-refractivity contribution in [3.63, 3.8) is 0 Å². The van der Waals surface area contributed by atoms with E-state index in [2.05, 4.69) is 20.5 Å². The van der Waals surface area contributed by atoms with Gasteiger partial charge >= 0.3 is 0 Å². The molecule has 2 heterocycles. The van der Waals surface area contributed by atoms with Crippen LogP contribution < -0.4 is 5.32 Å². The molecule has 3 rings (SSSR count). The van der Waals surface area contributed by atoms with Gasteiger partial charge in [-0.1, -0.05) is 37.7 Å². The fourth-order valence-corrected chi connectivity index (χ4v) is 3.56. The van der Waals surface area contributed by atoms with E-state index in [1.165, 1.54) is 23.9 Å². The molecule has 0 saturated carbocycles. The number of halogens is 1. The molecule has 0 aliphatic heterocycles. The maximum absolute atomic E-state index is 13.2. The molecule has 0 radical (unpaired) electrons. The summed E-state index contributed by atoms with van der Waals surface area (Å²) in [6.45, 7) is 4.04. The minimum atomic E-state index is -0.292.